The van der Waals surface area contributed by atoms with E-state index in [0.717, 1.165) is 65.5 Å². The largest absolute Gasteiger partial charge is 0.354 e. The summed E-state index contributed by atoms with van der Waals surface area (Å²) in [5.74, 6) is -0.356. The normalized spacial score (nSPS) is 14.2. The molecule has 1 N–H and O–H groups in total. The Kier molecular flexibility index (Phi) is 6.98. The van der Waals surface area contributed by atoms with Crippen LogP contribution in [0.3, 0.4) is 0 Å². The summed E-state index contributed by atoms with van der Waals surface area (Å²) in [4.78, 5) is 26.6. The number of aryl methyl sites for hydroxylation is 2. The third-order valence-corrected chi connectivity index (χ3v) is 6.46. The van der Waals surface area contributed by atoms with E-state index in [1.165, 1.54) is 6.07 Å². The maximum atomic E-state index is 13.6. The Balaban J connectivity index is 1.42. The topological polar surface area (TPSA) is 79.2 Å². The van der Waals surface area contributed by atoms with Gasteiger partial charge in [-0.3, -0.25) is 0 Å². The lowest BCUT2D eigenvalue weighted by Crippen LogP contribution is -2.38. The molecule has 0 bridgehead atoms. The maximum absolute atomic E-state index is 13.6. The molecule has 0 spiro atoms. The predicted molar refractivity (Wildman–Crippen MR) is 139 cm³/mol. The quantitative estimate of drug-likeness (QED) is 0.408. The van der Waals surface area contributed by atoms with Gasteiger partial charge < -0.3 is 15.1 Å². The van der Waals surface area contributed by atoms with Crippen molar-refractivity contribution in [1.29, 1.82) is 0 Å². The van der Waals surface area contributed by atoms with Crippen molar-refractivity contribution in [2.24, 2.45) is 0 Å². The summed E-state index contributed by atoms with van der Waals surface area (Å²) in [6.07, 6.45) is 2.39. The molecule has 0 saturated carbocycles. The van der Waals surface area contributed by atoms with Crippen LogP contribution in [-0.2, 0) is 6.42 Å². The third kappa shape index (κ3) is 5.09. The molecular weight excluding hydrogens is 476 g/mol. The first kappa shape index (κ1) is 24.6. The molecule has 0 unspecified atom stereocenters. The van der Waals surface area contributed by atoms with Crippen molar-refractivity contribution in [3.63, 3.8) is 0 Å². The number of rotatable bonds is 5. The predicted octanol–water partition coefficient (Wildman–Crippen LogP) is 5.10. The lowest BCUT2D eigenvalue weighted by Gasteiger charge is -2.24. The smallest absolute Gasteiger partial charge is 0.321 e. The number of carbonyl (C=O) groups excluding carboxylic acids is 1. The second-order valence-electron chi connectivity index (χ2n) is 9.13. The molecule has 4 aromatic rings. The van der Waals surface area contributed by atoms with Gasteiger partial charge in [-0.15, -0.1) is 0 Å². The average molecular weight is 506 g/mol. The number of urea groups is 1. The number of nitrogens with one attached hydrogen (secondary N) is 1. The fourth-order valence-corrected chi connectivity index (χ4v) is 4.63. The van der Waals surface area contributed by atoms with Crippen molar-refractivity contribution >= 4 is 28.6 Å². The highest BCUT2D eigenvalue weighted by atomic mass is 19.2. The van der Waals surface area contributed by atoms with Crippen LogP contribution < -0.4 is 10.2 Å². The summed E-state index contributed by atoms with van der Waals surface area (Å²) in [5, 5.41) is 8.38. The van der Waals surface area contributed by atoms with E-state index in [1.54, 1.807) is 4.90 Å². The molecule has 1 aliphatic rings. The van der Waals surface area contributed by atoms with Crippen LogP contribution in [0.5, 0.6) is 0 Å². The van der Waals surface area contributed by atoms with E-state index in [0.29, 0.717) is 26.2 Å². The SMILES string of the molecule is CCCc1nc(N2CCCN(C(=O)Nc3ccc(F)c(F)c3)CC2)c2c(C)nn(-c3ccccc3)c2n1. The summed E-state index contributed by atoms with van der Waals surface area (Å²) in [6, 6.07) is 12.9. The number of aromatic nitrogens is 4. The van der Waals surface area contributed by atoms with Crippen molar-refractivity contribution in [3.8, 4) is 5.69 Å². The van der Waals surface area contributed by atoms with Gasteiger partial charge in [0.25, 0.3) is 0 Å². The van der Waals surface area contributed by atoms with Crippen LogP contribution in [-0.4, -0.2) is 56.9 Å². The molecule has 192 valence electrons. The molecule has 0 aliphatic carbocycles. The van der Waals surface area contributed by atoms with Crippen LogP contribution in [0.25, 0.3) is 16.7 Å². The van der Waals surface area contributed by atoms with E-state index in [9.17, 15) is 13.6 Å². The molecule has 37 heavy (non-hydrogen) atoms. The fraction of sp³-hybridized carbons (Fsp3) is 0.333. The first-order valence-corrected chi connectivity index (χ1v) is 12.5. The summed E-state index contributed by atoms with van der Waals surface area (Å²) in [5.41, 5.74) is 2.77. The Morgan fingerprint density at radius 2 is 1.81 bits per heavy atom. The Hall–Kier alpha value is -4.08. The van der Waals surface area contributed by atoms with Gasteiger partial charge in [0.1, 0.15) is 11.6 Å². The number of para-hydroxylation sites is 1. The number of hydrogen-bond acceptors (Lipinski definition) is 5. The number of nitrogens with zero attached hydrogens (tertiary/aromatic N) is 6. The summed E-state index contributed by atoms with van der Waals surface area (Å²) < 4.78 is 28.7. The van der Waals surface area contributed by atoms with Crippen LogP contribution in [0, 0.1) is 18.6 Å². The Bertz CT molecular complexity index is 1420. The fourth-order valence-electron chi connectivity index (χ4n) is 4.63. The number of halogens is 2. The molecule has 2 amide bonds. The monoisotopic (exact) mass is 505 g/mol. The number of benzene rings is 2. The van der Waals surface area contributed by atoms with E-state index < -0.39 is 11.6 Å². The van der Waals surface area contributed by atoms with E-state index in [2.05, 4.69) is 17.1 Å². The van der Waals surface area contributed by atoms with Gasteiger partial charge in [-0.05, 0) is 44.0 Å². The van der Waals surface area contributed by atoms with E-state index in [4.69, 9.17) is 15.1 Å². The highest BCUT2D eigenvalue weighted by molar-refractivity contribution is 5.91. The molecule has 1 saturated heterocycles. The van der Waals surface area contributed by atoms with Crippen molar-refractivity contribution < 1.29 is 13.6 Å². The molecule has 10 heteroatoms. The molecule has 0 radical (unpaired) electrons. The molecule has 2 aromatic heterocycles. The van der Waals surface area contributed by atoms with Gasteiger partial charge in [0.2, 0.25) is 0 Å². The standard InChI is InChI=1S/C27H29F2N7O/c1-3-8-23-31-25(24-18(2)33-36(26(24)32-23)20-9-5-4-6-10-20)34-13-7-14-35(16-15-34)27(37)30-19-11-12-21(28)22(29)17-19/h4-6,9-12,17H,3,7-8,13-16H2,1-2H3,(H,30,37). The van der Waals surface area contributed by atoms with Crippen LogP contribution in [0.15, 0.2) is 48.5 Å². The first-order chi connectivity index (χ1) is 17.9. The van der Waals surface area contributed by atoms with Crippen LogP contribution in [0.1, 0.15) is 31.3 Å². The number of anilines is 2. The third-order valence-electron chi connectivity index (χ3n) is 6.46. The highest BCUT2D eigenvalue weighted by Gasteiger charge is 2.25. The summed E-state index contributed by atoms with van der Waals surface area (Å²) in [6.45, 7) is 6.33. The number of amides is 2. The zero-order chi connectivity index (χ0) is 25.9. The second kappa shape index (κ2) is 10.5. The Labute approximate surface area is 213 Å². The Morgan fingerprint density at radius 1 is 1.00 bits per heavy atom. The summed E-state index contributed by atoms with van der Waals surface area (Å²) >= 11 is 0. The molecule has 8 nitrogen and oxygen atoms in total. The van der Waals surface area contributed by atoms with Gasteiger partial charge in [-0.25, -0.2) is 28.2 Å². The average Bonchev–Trinajstić information content (AvgIpc) is 3.06. The molecule has 1 aliphatic heterocycles. The lowest BCUT2D eigenvalue weighted by molar-refractivity contribution is 0.215. The number of hydrogen-bond donors (Lipinski definition) is 1. The molecule has 5 rings (SSSR count). The van der Waals surface area contributed by atoms with E-state index in [1.807, 2.05) is 41.9 Å². The van der Waals surface area contributed by atoms with Gasteiger partial charge in [-0.2, -0.15) is 5.10 Å². The van der Waals surface area contributed by atoms with Gasteiger partial charge in [0.05, 0.1) is 16.8 Å². The van der Waals surface area contributed by atoms with Gasteiger partial charge in [0.15, 0.2) is 17.3 Å². The van der Waals surface area contributed by atoms with Crippen molar-refractivity contribution in [1.82, 2.24) is 24.6 Å². The number of fused-ring (bicyclic) bond motifs is 1. The Morgan fingerprint density at radius 3 is 2.57 bits per heavy atom. The minimum atomic E-state index is -0.998. The maximum Gasteiger partial charge on any atom is 0.321 e. The minimum Gasteiger partial charge on any atom is -0.354 e. The van der Waals surface area contributed by atoms with E-state index in [-0.39, 0.29) is 11.7 Å². The molecular formula is C27H29F2N7O. The lowest BCUT2D eigenvalue weighted by atomic mass is 10.2. The van der Waals surface area contributed by atoms with Crippen molar-refractivity contribution in [2.75, 3.05) is 36.4 Å². The molecule has 0 atom stereocenters. The van der Waals surface area contributed by atoms with Gasteiger partial charge >= 0.3 is 6.03 Å². The zero-order valence-corrected chi connectivity index (χ0v) is 20.9. The van der Waals surface area contributed by atoms with Crippen LogP contribution >= 0.6 is 0 Å². The van der Waals surface area contributed by atoms with Gasteiger partial charge in [0, 0.05) is 44.4 Å². The van der Waals surface area contributed by atoms with Crippen LogP contribution in [0.2, 0.25) is 0 Å². The number of carbonyl (C=O) groups is 1. The molecule has 3 heterocycles. The zero-order valence-electron chi connectivity index (χ0n) is 20.9. The minimum absolute atomic E-state index is 0.218. The van der Waals surface area contributed by atoms with Crippen molar-refractivity contribution in [2.45, 2.75) is 33.1 Å². The molecule has 1 fully saturated rings. The first-order valence-electron chi connectivity index (χ1n) is 12.5. The van der Waals surface area contributed by atoms with Crippen LogP contribution in [0.4, 0.5) is 25.1 Å². The molecule has 2 aromatic carbocycles. The summed E-state index contributed by atoms with van der Waals surface area (Å²) in [7, 11) is 0. The second-order valence-corrected chi connectivity index (χ2v) is 9.13. The van der Waals surface area contributed by atoms with Gasteiger partial charge in [-0.1, -0.05) is 25.1 Å². The van der Waals surface area contributed by atoms with E-state index >= 15 is 0 Å². The highest BCUT2D eigenvalue weighted by Crippen LogP contribution is 2.30. The van der Waals surface area contributed by atoms with Crippen molar-refractivity contribution in [3.05, 3.63) is 71.7 Å².